The monoisotopic (exact) mass is 497 g/mol. The van der Waals surface area contributed by atoms with Gasteiger partial charge >= 0.3 is 13.7 Å². The normalized spacial score (nSPS) is 14.5. The van der Waals surface area contributed by atoms with Gasteiger partial charge in [0.15, 0.2) is 5.78 Å². The molecule has 1 N–H and O–H groups in total. The second-order valence-electron chi connectivity index (χ2n) is 7.41. The number of benzene rings is 2. The van der Waals surface area contributed by atoms with E-state index in [1.54, 1.807) is 33.8 Å². The molecule has 2 atom stereocenters. The maximum atomic E-state index is 14.7. The quantitative estimate of drug-likeness (QED) is 0.198. The van der Waals surface area contributed by atoms with E-state index >= 15 is 0 Å². The topological polar surface area (TPSA) is 56.8 Å². The molecular weight excluding hydrogens is 473 g/mol. The second kappa shape index (κ2) is 10.9. The number of anilines is 1. The van der Waals surface area contributed by atoms with Gasteiger partial charge in [0.2, 0.25) is 0 Å². The molecule has 0 saturated carbocycles. The predicted octanol–water partition coefficient (Wildman–Crippen LogP) is 7.49. The van der Waals surface area contributed by atoms with E-state index in [-0.39, 0.29) is 11.3 Å². The van der Waals surface area contributed by atoms with Crippen LogP contribution in [0.25, 0.3) is 0 Å². The number of hydrogen-bond donors (Lipinski definition) is 1. The largest absolute Gasteiger partial charge is 0.444 e. The summed E-state index contributed by atoms with van der Waals surface area (Å²) in [4.78, 5) is 0. The third-order valence-electron chi connectivity index (χ3n) is 3.88. The molecule has 0 aromatic heterocycles. The highest BCUT2D eigenvalue weighted by atomic mass is 35.5. The third-order valence-corrected chi connectivity index (χ3v) is 6.60. The van der Waals surface area contributed by atoms with Crippen LogP contribution in [-0.4, -0.2) is 23.9 Å². The molecule has 2 rings (SSSR count). The van der Waals surface area contributed by atoms with Gasteiger partial charge in [-0.2, -0.15) is 8.78 Å². The van der Waals surface area contributed by atoms with Crippen LogP contribution in [0.4, 0.5) is 23.2 Å². The fraction of sp³-hybridized carbons (Fsp3) is 0.429. The molecule has 0 aliphatic carbocycles. The Morgan fingerprint density at radius 2 is 1.59 bits per heavy atom. The summed E-state index contributed by atoms with van der Waals surface area (Å²) in [6, 6.07) is 10.6. The van der Waals surface area contributed by atoms with Crippen molar-refractivity contribution in [3.8, 4) is 5.75 Å². The van der Waals surface area contributed by atoms with Crippen molar-refractivity contribution in [3.63, 3.8) is 0 Å². The third kappa shape index (κ3) is 7.10. The van der Waals surface area contributed by atoms with E-state index in [9.17, 15) is 22.1 Å². The zero-order chi connectivity index (χ0) is 24.1. The lowest BCUT2D eigenvalue weighted by Crippen LogP contribution is -2.32. The molecular formula is C21H25ClF4NO4P. The van der Waals surface area contributed by atoms with Crippen molar-refractivity contribution in [2.45, 2.75) is 57.4 Å². The van der Waals surface area contributed by atoms with Gasteiger partial charge in [0.05, 0.1) is 12.2 Å². The standard InChI is InChI=1S/C21H25ClF4NO4P/c1-13(2)30-32(28,31-14(3)4)19(17-10-5-6-11-18(17)23)27-15-8-7-9-16(12-15)29-21(25,26)20(22)24/h5-14,19-20,27H,1-4H3. The first-order chi connectivity index (χ1) is 14.8. The first kappa shape index (κ1) is 26.5. The molecule has 2 unspecified atom stereocenters. The lowest BCUT2D eigenvalue weighted by molar-refractivity contribution is -0.199. The van der Waals surface area contributed by atoms with Gasteiger partial charge in [-0.05, 0) is 45.9 Å². The average molecular weight is 498 g/mol. The van der Waals surface area contributed by atoms with Gasteiger partial charge in [-0.25, -0.2) is 8.78 Å². The van der Waals surface area contributed by atoms with Crippen molar-refractivity contribution in [1.29, 1.82) is 0 Å². The van der Waals surface area contributed by atoms with Gasteiger partial charge in [-0.3, -0.25) is 4.57 Å². The summed E-state index contributed by atoms with van der Waals surface area (Å²) >= 11 is 4.83. The number of nitrogens with one attached hydrogen (secondary N) is 1. The molecule has 0 fully saturated rings. The zero-order valence-corrected chi connectivity index (χ0v) is 19.5. The van der Waals surface area contributed by atoms with Crippen molar-refractivity contribution in [2.24, 2.45) is 0 Å². The van der Waals surface area contributed by atoms with E-state index in [0.717, 1.165) is 12.1 Å². The molecule has 5 nitrogen and oxygen atoms in total. The van der Waals surface area contributed by atoms with E-state index in [2.05, 4.69) is 10.1 Å². The van der Waals surface area contributed by atoms with Crippen LogP contribution in [0.15, 0.2) is 48.5 Å². The molecule has 0 radical (unpaired) electrons. The highest BCUT2D eigenvalue weighted by molar-refractivity contribution is 7.54. The van der Waals surface area contributed by atoms with Crippen LogP contribution in [0.3, 0.4) is 0 Å². The van der Waals surface area contributed by atoms with Crippen LogP contribution in [0, 0.1) is 5.82 Å². The van der Waals surface area contributed by atoms with Gasteiger partial charge < -0.3 is 19.1 Å². The predicted molar refractivity (Wildman–Crippen MR) is 116 cm³/mol. The summed E-state index contributed by atoms with van der Waals surface area (Å²) in [6.07, 6.45) is -5.34. The minimum absolute atomic E-state index is 0.0154. The van der Waals surface area contributed by atoms with E-state index < -0.39 is 48.9 Å². The summed E-state index contributed by atoms with van der Waals surface area (Å²) < 4.78 is 84.1. The highest BCUT2D eigenvalue weighted by Crippen LogP contribution is 2.62. The van der Waals surface area contributed by atoms with Crippen LogP contribution in [0.1, 0.15) is 39.0 Å². The molecule has 178 valence electrons. The van der Waals surface area contributed by atoms with Gasteiger partial charge in [0.25, 0.3) is 5.63 Å². The van der Waals surface area contributed by atoms with E-state index in [4.69, 9.17) is 20.6 Å². The number of halogens is 5. The van der Waals surface area contributed by atoms with Crippen LogP contribution < -0.4 is 10.1 Å². The lowest BCUT2D eigenvalue weighted by Gasteiger charge is -2.31. The maximum Gasteiger partial charge on any atom is 0.444 e. The molecule has 2 aromatic rings. The highest BCUT2D eigenvalue weighted by Gasteiger charge is 2.43. The minimum atomic E-state index is -4.28. The Morgan fingerprint density at radius 1 is 1.00 bits per heavy atom. The lowest BCUT2D eigenvalue weighted by atomic mass is 10.2. The zero-order valence-electron chi connectivity index (χ0n) is 17.9. The Morgan fingerprint density at radius 3 is 2.12 bits per heavy atom. The van der Waals surface area contributed by atoms with Crippen LogP contribution in [0.5, 0.6) is 5.75 Å². The first-order valence-corrected chi connectivity index (χ1v) is 11.8. The van der Waals surface area contributed by atoms with Gasteiger partial charge in [0, 0.05) is 17.3 Å². The Hall–Kier alpha value is -1.80. The molecule has 11 heteroatoms. The fourth-order valence-electron chi connectivity index (χ4n) is 2.77. The van der Waals surface area contributed by atoms with Crippen molar-refractivity contribution >= 4 is 24.9 Å². The molecule has 0 saturated heterocycles. The Balaban J connectivity index is 2.49. The number of rotatable bonds is 11. The second-order valence-corrected chi connectivity index (χ2v) is 9.81. The smallest absolute Gasteiger partial charge is 0.429 e. The summed E-state index contributed by atoms with van der Waals surface area (Å²) in [5, 5.41) is 2.84. The SMILES string of the molecule is CC(C)OP(=O)(OC(C)C)C(Nc1cccc(OC(F)(F)C(F)Cl)c1)c1ccccc1F. The van der Waals surface area contributed by atoms with E-state index in [0.29, 0.717) is 0 Å². The molecule has 2 aromatic carbocycles. The van der Waals surface area contributed by atoms with Gasteiger partial charge in [-0.1, -0.05) is 35.9 Å². The molecule has 0 amide bonds. The van der Waals surface area contributed by atoms with Crippen molar-refractivity contribution in [1.82, 2.24) is 0 Å². The van der Waals surface area contributed by atoms with Crippen molar-refractivity contribution in [2.75, 3.05) is 5.32 Å². The number of ether oxygens (including phenoxy) is 1. The molecule has 32 heavy (non-hydrogen) atoms. The first-order valence-electron chi connectivity index (χ1n) is 9.76. The fourth-order valence-corrected chi connectivity index (χ4v) is 5.14. The summed E-state index contributed by atoms with van der Waals surface area (Å²) in [7, 11) is -4.05. The summed E-state index contributed by atoms with van der Waals surface area (Å²) in [5.74, 6) is -2.42. The van der Waals surface area contributed by atoms with Crippen molar-refractivity contribution in [3.05, 3.63) is 59.9 Å². The van der Waals surface area contributed by atoms with Crippen LogP contribution in [-0.2, 0) is 13.6 Å². The molecule has 0 heterocycles. The van der Waals surface area contributed by atoms with Crippen LogP contribution >= 0.6 is 19.2 Å². The molecule has 0 bridgehead atoms. The van der Waals surface area contributed by atoms with E-state index in [1.807, 2.05) is 0 Å². The summed E-state index contributed by atoms with van der Waals surface area (Å²) in [5.41, 5.74) is -2.96. The molecule has 0 aliphatic rings. The molecule has 0 aliphatic heterocycles. The van der Waals surface area contributed by atoms with Gasteiger partial charge in [0.1, 0.15) is 11.6 Å². The van der Waals surface area contributed by atoms with Crippen molar-refractivity contribution < 1.29 is 35.9 Å². The van der Waals surface area contributed by atoms with Crippen LogP contribution in [0.2, 0.25) is 0 Å². The van der Waals surface area contributed by atoms with E-state index in [1.165, 1.54) is 30.3 Å². The Kier molecular flexibility index (Phi) is 8.99. The number of hydrogen-bond acceptors (Lipinski definition) is 5. The summed E-state index contributed by atoms with van der Waals surface area (Å²) in [6.45, 7) is 6.57. The Labute approximate surface area is 189 Å². The number of alkyl halides is 4. The molecule has 0 spiro atoms. The van der Waals surface area contributed by atoms with Gasteiger partial charge in [-0.15, -0.1) is 0 Å². The Bertz CT molecular complexity index is 932. The minimum Gasteiger partial charge on any atom is -0.429 e. The average Bonchev–Trinajstić information content (AvgIpc) is 2.65. The maximum absolute atomic E-state index is 14.7.